The summed E-state index contributed by atoms with van der Waals surface area (Å²) >= 11 is 0. The van der Waals surface area contributed by atoms with E-state index in [9.17, 15) is 9.59 Å². The van der Waals surface area contributed by atoms with E-state index in [1.807, 2.05) is 31.2 Å². The van der Waals surface area contributed by atoms with Gasteiger partial charge in [-0.3, -0.25) is 9.59 Å². The largest absolute Gasteiger partial charge is 0.481 e. The molecule has 2 rings (SSSR count). The second-order valence-electron chi connectivity index (χ2n) is 4.92. The number of ketones is 1. The Bertz CT molecular complexity index is 465. The first-order chi connectivity index (χ1) is 8.63. The first-order valence-corrected chi connectivity index (χ1v) is 6.48. The van der Waals surface area contributed by atoms with Crippen molar-refractivity contribution in [2.24, 2.45) is 11.8 Å². The molecule has 0 bridgehead atoms. The highest BCUT2D eigenvalue weighted by Crippen LogP contribution is 2.33. The third kappa shape index (κ3) is 2.45. The lowest BCUT2D eigenvalue weighted by atomic mass is 9.91. The van der Waals surface area contributed by atoms with Crippen molar-refractivity contribution in [2.75, 3.05) is 0 Å². The minimum atomic E-state index is -0.769. The zero-order valence-electron chi connectivity index (χ0n) is 10.6. The summed E-state index contributed by atoms with van der Waals surface area (Å²) in [6.45, 7) is 2.03. The highest BCUT2D eigenvalue weighted by atomic mass is 16.4. The summed E-state index contributed by atoms with van der Waals surface area (Å²) in [4.78, 5) is 23.3. The minimum Gasteiger partial charge on any atom is -0.481 e. The molecule has 1 fully saturated rings. The quantitative estimate of drug-likeness (QED) is 0.831. The van der Waals surface area contributed by atoms with Crippen LogP contribution in [0.3, 0.4) is 0 Å². The van der Waals surface area contributed by atoms with Crippen molar-refractivity contribution < 1.29 is 14.7 Å². The van der Waals surface area contributed by atoms with Gasteiger partial charge in [-0.25, -0.2) is 0 Å². The van der Waals surface area contributed by atoms with Crippen LogP contribution in [0.25, 0.3) is 0 Å². The molecule has 18 heavy (non-hydrogen) atoms. The standard InChI is InChI=1S/C15H18O3/c1-2-10-5-3-4-6-13(10)14(16)11-7-8-12(9-11)15(17)18/h3-6,11-12H,2,7-9H2,1H3,(H,17,18)/t11-,12+/m1/s1. The summed E-state index contributed by atoms with van der Waals surface area (Å²) in [5.41, 5.74) is 1.83. The van der Waals surface area contributed by atoms with Gasteiger partial charge >= 0.3 is 5.97 Å². The molecule has 1 aliphatic rings. The predicted molar refractivity (Wildman–Crippen MR) is 68.6 cm³/mol. The molecule has 0 spiro atoms. The number of hydrogen-bond donors (Lipinski definition) is 1. The second-order valence-corrected chi connectivity index (χ2v) is 4.92. The lowest BCUT2D eigenvalue weighted by Gasteiger charge is -2.11. The van der Waals surface area contributed by atoms with Gasteiger partial charge in [0.25, 0.3) is 0 Å². The van der Waals surface area contributed by atoms with E-state index in [1.165, 1.54) is 0 Å². The van der Waals surface area contributed by atoms with Gasteiger partial charge in [-0.05, 0) is 31.2 Å². The van der Waals surface area contributed by atoms with Gasteiger partial charge in [0.05, 0.1) is 5.92 Å². The van der Waals surface area contributed by atoms with Crippen molar-refractivity contribution in [3.05, 3.63) is 35.4 Å². The van der Waals surface area contributed by atoms with Crippen molar-refractivity contribution in [1.29, 1.82) is 0 Å². The van der Waals surface area contributed by atoms with Crippen molar-refractivity contribution in [3.63, 3.8) is 0 Å². The maximum absolute atomic E-state index is 12.4. The molecule has 2 atom stereocenters. The number of carbonyl (C=O) groups excluding carboxylic acids is 1. The summed E-state index contributed by atoms with van der Waals surface area (Å²) in [7, 11) is 0. The molecule has 1 aromatic carbocycles. The average molecular weight is 246 g/mol. The number of hydrogen-bond acceptors (Lipinski definition) is 2. The van der Waals surface area contributed by atoms with Crippen LogP contribution < -0.4 is 0 Å². The number of aryl methyl sites for hydroxylation is 1. The molecular weight excluding hydrogens is 228 g/mol. The Balaban J connectivity index is 2.15. The molecule has 0 amide bonds. The van der Waals surface area contributed by atoms with E-state index in [-0.39, 0.29) is 17.6 Å². The summed E-state index contributed by atoms with van der Waals surface area (Å²) in [5, 5.41) is 8.97. The average Bonchev–Trinajstić information content (AvgIpc) is 2.87. The molecule has 3 nitrogen and oxygen atoms in total. The summed E-state index contributed by atoms with van der Waals surface area (Å²) in [6.07, 6.45) is 2.65. The van der Waals surface area contributed by atoms with Gasteiger partial charge in [0, 0.05) is 11.5 Å². The van der Waals surface area contributed by atoms with Crippen LogP contribution >= 0.6 is 0 Å². The maximum Gasteiger partial charge on any atom is 0.306 e. The van der Waals surface area contributed by atoms with Crippen LogP contribution in [-0.2, 0) is 11.2 Å². The minimum absolute atomic E-state index is 0.112. The lowest BCUT2D eigenvalue weighted by molar-refractivity contribution is -0.141. The van der Waals surface area contributed by atoms with Crippen LogP contribution in [-0.4, -0.2) is 16.9 Å². The second kappa shape index (κ2) is 5.34. The molecular formula is C15H18O3. The molecule has 1 N–H and O–H groups in total. The molecule has 0 heterocycles. The fourth-order valence-electron chi connectivity index (χ4n) is 2.73. The maximum atomic E-state index is 12.4. The molecule has 0 radical (unpaired) electrons. The number of aliphatic carboxylic acids is 1. The van der Waals surface area contributed by atoms with E-state index >= 15 is 0 Å². The molecule has 0 aromatic heterocycles. The first-order valence-electron chi connectivity index (χ1n) is 6.48. The van der Waals surface area contributed by atoms with Crippen molar-refractivity contribution in [2.45, 2.75) is 32.6 Å². The third-order valence-corrected chi connectivity index (χ3v) is 3.82. The van der Waals surface area contributed by atoms with Crippen molar-refractivity contribution in [1.82, 2.24) is 0 Å². The topological polar surface area (TPSA) is 54.4 Å². The third-order valence-electron chi connectivity index (χ3n) is 3.82. The van der Waals surface area contributed by atoms with Crippen LogP contribution in [0.4, 0.5) is 0 Å². The van der Waals surface area contributed by atoms with Gasteiger partial charge < -0.3 is 5.11 Å². The Kier molecular flexibility index (Phi) is 3.80. The van der Waals surface area contributed by atoms with E-state index in [0.717, 1.165) is 17.5 Å². The van der Waals surface area contributed by atoms with Gasteiger partial charge in [-0.15, -0.1) is 0 Å². The molecule has 3 heteroatoms. The van der Waals surface area contributed by atoms with Crippen LogP contribution in [0.5, 0.6) is 0 Å². The molecule has 0 saturated heterocycles. The fraction of sp³-hybridized carbons (Fsp3) is 0.467. The zero-order valence-corrected chi connectivity index (χ0v) is 10.6. The Morgan fingerprint density at radius 2 is 1.89 bits per heavy atom. The van der Waals surface area contributed by atoms with Crippen LogP contribution in [0.15, 0.2) is 24.3 Å². The monoisotopic (exact) mass is 246 g/mol. The predicted octanol–water partition coefficient (Wildman–Crippen LogP) is 2.93. The number of carbonyl (C=O) groups is 2. The van der Waals surface area contributed by atoms with E-state index in [1.54, 1.807) is 0 Å². The molecule has 1 aromatic rings. The highest BCUT2D eigenvalue weighted by molar-refractivity contribution is 5.99. The fourth-order valence-corrected chi connectivity index (χ4v) is 2.73. The summed E-state index contributed by atoms with van der Waals surface area (Å²) < 4.78 is 0. The van der Waals surface area contributed by atoms with E-state index in [0.29, 0.717) is 19.3 Å². The van der Waals surface area contributed by atoms with Gasteiger partial charge in [-0.2, -0.15) is 0 Å². The van der Waals surface area contributed by atoms with Crippen LogP contribution in [0.2, 0.25) is 0 Å². The lowest BCUT2D eigenvalue weighted by Crippen LogP contribution is -2.16. The van der Waals surface area contributed by atoms with E-state index in [4.69, 9.17) is 5.11 Å². The molecule has 0 aliphatic heterocycles. The van der Waals surface area contributed by atoms with Crippen LogP contribution in [0, 0.1) is 11.8 Å². The SMILES string of the molecule is CCc1ccccc1C(=O)[C@@H]1CC[C@H](C(=O)O)C1. The smallest absolute Gasteiger partial charge is 0.306 e. The van der Waals surface area contributed by atoms with Crippen LogP contribution in [0.1, 0.15) is 42.1 Å². The normalized spacial score (nSPS) is 22.9. The zero-order chi connectivity index (χ0) is 13.1. The molecule has 96 valence electrons. The summed E-state index contributed by atoms with van der Waals surface area (Å²) in [6, 6.07) is 7.63. The molecule has 0 unspecified atom stereocenters. The van der Waals surface area contributed by atoms with E-state index in [2.05, 4.69) is 0 Å². The number of rotatable bonds is 4. The van der Waals surface area contributed by atoms with Gasteiger partial charge in [0.1, 0.15) is 0 Å². The molecule has 1 saturated carbocycles. The number of Topliss-reactive ketones (excluding diaryl/α,β-unsaturated/α-hetero) is 1. The first kappa shape index (κ1) is 12.8. The van der Waals surface area contributed by atoms with Gasteiger partial charge in [0.15, 0.2) is 5.78 Å². The number of carboxylic acid groups (broad SMARTS) is 1. The number of carboxylic acids is 1. The van der Waals surface area contributed by atoms with E-state index < -0.39 is 5.97 Å². The van der Waals surface area contributed by atoms with Crippen molar-refractivity contribution >= 4 is 11.8 Å². The Hall–Kier alpha value is -1.64. The Morgan fingerprint density at radius 3 is 2.50 bits per heavy atom. The summed E-state index contributed by atoms with van der Waals surface area (Å²) in [5.74, 6) is -1.10. The van der Waals surface area contributed by atoms with Gasteiger partial charge in [-0.1, -0.05) is 31.2 Å². The molecule has 1 aliphatic carbocycles. The highest BCUT2D eigenvalue weighted by Gasteiger charge is 2.34. The Morgan fingerprint density at radius 1 is 1.22 bits per heavy atom. The van der Waals surface area contributed by atoms with Crippen molar-refractivity contribution in [3.8, 4) is 0 Å². The number of benzene rings is 1. The Labute approximate surface area is 107 Å². The van der Waals surface area contributed by atoms with Gasteiger partial charge in [0.2, 0.25) is 0 Å².